The van der Waals surface area contributed by atoms with Crippen molar-refractivity contribution in [2.45, 2.75) is 126 Å². The van der Waals surface area contributed by atoms with Gasteiger partial charge in [-0.1, -0.05) is 67.7 Å². The summed E-state index contributed by atoms with van der Waals surface area (Å²) in [6, 6.07) is 16.6. The Bertz CT molecular complexity index is 2440. The first kappa shape index (κ1) is 50.3. The molecule has 0 saturated carbocycles. The van der Waals surface area contributed by atoms with E-state index in [4.69, 9.17) is 10.2 Å². The second kappa shape index (κ2) is 20.1. The summed E-state index contributed by atoms with van der Waals surface area (Å²) in [7, 11) is 0. The standard InChI is InChI=1S/C21H27NO.C17H15NO2.C11H15.2CH4.Li/c1-10-9-18(20(22)17(8)11(10)2)21(23)19-15(6)13(4)12(3)14(5)16(19)7;1-10-9-14-15(12(3)11(10)2)18-16(20-17(14)19)13-7-5-4-6-8-13;1-7-6-8(2)10(4)11(5)9(7)3;;;/h9H,22H2,1-8H3;4-9H,1-3H3;1-5H3;2*1H4;/q;;-1;;;+1. The first-order valence-electron chi connectivity index (χ1n) is 18.6. The van der Waals surface area contributed by atoms with Crippen LogP contribution >= 0.6 is 0 Å². The Morgan fingerprint density at radius 1 is 0.579 bits per heavy atom. The molecule has 298 valence electrons. The molecule has 0 radical (unpaired) electrons. The van der Waals surface area contributed by atoms with Gasteiger partial charge in [0.25, 0.3) is 0 Å². The average Bonchev–Trinajstić information content (AvgIpc) is 3.15. The van der Waals surface area contributed by atoms with Gasteiger partial charge in [0, 0.05) is 22.4 Å². The van der Waals surface area contributed by atoms with Gasteiger partial charge < -0.3 is 10.2 Å². The van der Waals surface area contributed by atoms with Gasteiger partial charge in [-0.25, -0.2) is 9.78 Å². The molecule has 0 aliphatic rings. The minimum absolute atomic E-state index is 0. The maximum absolute atomic E-state index is 13.3. The zero-order valence-electron chi connectivity index (χ0n) is 36.3. The Kier molecular flexibility index (Phi) is 17.8. The maximum atomic E-state index is 13.3. The van der Waals surface area contributed by atoms with E-state index in [9.17, 15) is 9.59 Å². The van der Waals surface area contributed by atoms with Gasteiger partial charge in [0.05, 0.1) is 10.9 Å². The molecule has 0 amide bonds. The summed E-state index contributed by atoms with van der Waals surface area (Å²) in [5, 5.41) is 0.547. The van der Waals surface area contributed by atoms with Crippen LogP contribution in [0, 0.1) is 117 Å². The van der Waals surface area contributed by atoms with Crippen molar-refractivity contribution >= 4 is 22.4 Å². The van der Waals surface area contributed by atoms with Crippen molar-refractivity contribution in [1.29, 1.82) is 0 Å². The summed E-state index contributed by atoms with van der Waals surface area (Å²) in [6.45, 7) is 33.2. The molecule has 0 fully saturated rings. The number of hydrogen-bond donors (Lipinski definition) is 1. The number of hydrogen-bond acceptors (Lipinski definition) is 5. The molecule has 2 N–H and O–H groups in total. The first-order chi connectivity index (χ1) is 25.2. The minimum Gasteiger partial charge on any atom is -0.403 e. The van der Waals surface area contributed by atoms with E-state index in [2.05, 4.69) is 66.4 Å². The molecule has 0 aliphatic carbocycles. The number of aromatic nitrogens is 1. The van der Waals surface area contributed by atoms with Crippen LogP contribution < -0.4 is 30.2 Å². The van der Waals surface area contributed by atoms with E-state index in [1.807, 2.05) is 97.9 Å². The number of rotatable bonds is 3. The van der Waals surface area contributed by atoms with Crippen LogP contribution in [0.4, 0.5) is 5.69 Å². The topological polar surface area (TPSA) is 86.2 Å². The van der Waals surface area contributed by atoms with E-state index in [1.54, 1.807) is 0 Å². The number of aryl methyl sites for hydroxylation is 5. The van der Waals surface area contributed by atoms with E-state index in [0.717, 1.165) is 61.2 Å². The predicted octanol–water partition coefficient (Wildman–Crippen LogP) is 10.1. The fraction of sp³-hybridized carbons (Fsp3) is 0.353. The number of benzene rings is 5. The number of anilines is 1. The van der Waals surface area contributed by atoms with Gasteiger partial charge >= 0.3 is 24.5 Å². The molecule has 57 heavy (non-hydrogen) atoms. The number of nitrogens with zero attached hydrogens (tertiary/aromatic N) is 1. The van der Waals surface area contributed by atoms with Crippen molar-refractivity contribution in [2.24, 2.45) is 0 Å². The summed E-state index contributed by atoms with van der Waals surface area (Å²) in [5.74, 6) is 0.407. The molecule has 6 heteroatoms. The van der Waals surface area contributed by atoms with Gasteiger partial charge in [0.2, 0.25) is 5.89 Å². The minimum atomic E-state index is -0.333. The predicted molar refractivity (Wildman–Crippen MR) is 241 cm³/mol. The summed E-state index contributed by atoms with van der Waals surface area (Å²) in [5.41, 5.74) is 28.6. The smallest absolute Gasteiger partial charge is 0.403 e. The van der Waals surface area contributed by atoms with Crippen molar-refractivity contribution in [3.05, 3.63) is 159 Å². The van der Waals surface area contributed by atoms with Gasteiger partial charge in [0.15, 0.2) is 5.78 Å². The van der Waals surface area contributed by atoms with Gasteiger partial charge in [-0.05, 0) is 162 Å². The molecule has 1 aromatic heterocycles. The molecule has 5 aromatic carbocycles. The van der Waals surface area contributed by atoms with Crippen molar-refractivity contribution in [2.75, 3.05) is 5.73 Å². The molecule has 0 unspecified atom stereocenters. The molecular formula is C51H65LiN2O3. The van der Waals surface area contributed by atoms with Crippen LogP contribution in [-0.4, -0.2) is 10.8 Å². The van der Waals surface area contributed by atoms with Crippen LogP contribution in [0.25, 0.3) is 22.4 Å². The molecule has 0 aliphatic heterocycles. The molecule has 6 rings (SSSR count). The van der Waals surface area contributed by atoms with Crippen molar-refractivity contribution in [3.63, 3.8) is 0 Å². The van der Waals surface area contributed by atoms with Crippen LogP contribution in [0.5, 0.6) is 0 Å². The summed E-state index contributed by atoms with van der Waals surface area (Å²) >= 11 is 0. The molecule has 6 aromatic rings. The summed E-state index contributed by atoms with van der Waals surface area (Å²) in [4.78, 5) is 30.0. The van der Waals surface area contributed by atoms with Gasteiger partial charge in [0.1, 0.15) is 0 Å². The fourth-order valence-corrected chi connectivity index (χ4v) is 6.92. The zero-order chi connectivity index (χ0) is 40.5. The Morgan fingerprint density at radius 2 is 1.02 bits per heavy atom. The molecular weight excluding hydrogens is 696 g/mol. The Morgan fingerprint density at radius 3 is 1.53 bits per heavy atom. The number of ketones is 1. The zero-order valence-corrected chi connectivity index (χ0v) is 36.3. The van der Waals surface area contributed by atoms with Crippen molar-refractivity contribution in [3.8, 4) is 11.5 Å². The Hall–Kier alpha value is -4.69. The van der Waals surface area contributed by atoms with Crippen LogP contribution in [0.2, 0.25) is 0 Å². The SMILES string of the molecule is C.C.Cc1[c-]c(C)c(C)c(C)c1C.Cc1cc(C(=O)c2c(C)c(C)c(C)c(C)c2C)c(N)c(C)c1C.Cc1cc2c(=O)oc(-c3ccccc3)nc2c(C)c1C.[Li+]. The maximum Gasteiger partial charge on any atom is 1.00 e. The molecule has 0 saturated heterocycles. The monoisotopic (exact) mass is 761 g/mol. The molecule has 0 atom stereocenters. The summed E-state index contributed by atoms with van der Waals surface area (Å²) < 4.78 is 5.36. The van der Waals surface area contributed by atoms with E-state index in [0.29, 0.717) is 22.5 Å². The average molecular weight is 761 g/mol. The van der Waals surface area contributed by atoms with E-state index in [-0.39, 0.29) is 45.1 Å². The third-order valence-corrected chi connectivity index (χ3v) is 12.1. The van der Waals surface area contributed by atoms with Crippen LogP contribution in [0.15, 0.2) is 51.7 Å². The number of fused-ring (bicyclic) bond motifs is 1. The van der Waals surface area contributed by atoms with E-state index >= 15 is 0 Å². The molecule has 1 heterocycles. The second-order valence-corrected chi connectivity index (χ2v) is 15.0. The van der Waals surface area contributed by atoms with Gasteiger partial charge in [-0.3, -0.25) is 4.79 Å². The number of carbonyl (C=O) groups is 1. The molecule has 5 nitrogen and oxygen atoms in total. The molecule has 0 bridgehead atoms. The van der Waals surface area contributed by atoms with Gasteiger partial charge in [-0.2, -0.15) is 33.9 Å². The number of carbonyl (C=O) groups excluding carboxylic acids is 1. The first-order valence-corrected chi connectivity index (χ1v) is 18.6. The third kappa shape index (κ3) is 10.1. The Balaban J connectivity index is 0.000000439. The van der Waals surface area contributed by atoms with Crippen LogP contribution in [0.1, 0.15) is 120 Å². The second-order valence-electron chi connectivity index (χ2n) is 15.0. The van der Waals surface area contributed by atoms with E-state index < -0.39 is 0 Å². The Labute approximate surface area is 355 Å². The largest absolute Gasteiger partial charge is 1.00 e. The number of nitrogens with two attached hydrogens (primary N) is 1. The quantitative estimate of drug-likeness (QED) is 0.0840. The fourth-order valence-electron chi connectivity index (χ4n) is 6.92. The normalized spacial score (nSPS) is 10.2. The summed E-state index contributed by atoms with van der Waals surface area (Å²) in [6.07, 6.45) is 0. The van der Waals surface area contributed by atoms with Crippen molar-refractivity contribution < 1.29 is 28.1 Å². The third-order valence-electron chi connectivity index (χ3n) is 12.1. The van der Waals surface area contributed by atoms with E-state index in [1.165, 1.54) is 44.5 Å². The van der Waals surface area contributed by atoms with Crippen LogP contribution in [-0.2, 0) is 0 Å². The molecule has 0 spiro atoms. The van der Waals surface area contributed by atoms with Crippen LogP contribution in [0.3, 0.4) is 0 Å². The van der Waals surface area contributed by atoms with Crippen molar-refractivity contribution in [1.82, 2.24) is 4.98 Å². The van der Waals surface area contributed by atoms with Gasteiger partial charge in [-0.15, -0.1) is 0 Å². The number of nitrogen functional groups attached to an aromatic ring is 1.